The monoisotopic (exact) mass is 256 g/mol. The fourth-order valence-corrected chi connectivity index (χ4v) is 3.32. The first-order valence-corrected chi connectivity index (χ1v) is 7.50. The van der Waals surface area contributed by atoms with Gasteiger partial charge in [0, 0.05) is 11.5 Å². The molecule has 0 amide bonds. The molecular weight excluding hydrogens is 232 g/mol. The summed E-state index contributed by atoms with van der Waals surface area (Å²) in [5.41, 5.74) is 4.22. The van der Waals surface area contributed by atoms with E-state index in [0.29, 0.717) is 11.7 Å². The summed E-state index contributed by atoms with van der Waals surface area (Å²) in [5, 5.41) is 0. The van der Waals surface area contributed by atoms with Gasteiger partial charge in [-0.15, -0.1) is 0 Å². The molecule has 0 N–H and O–H groups in total. The van der Waals surface area contributed by atoms with Crippen LogP contribution in [0.1, 0.15) is 74.9 Å². The number of carbonyl (C=O) groups is 1. The third kappa shape index (κ3) is 2.13. The maximum Gasteiger partial charge on any atom is 0.165 e. The van der Waals surface area contributed by atoms with Gasteiger partial charge in [-0.3, -0.25) is 4.79 Å². The van der Waals surface area contributed by atoms with Crippen molar-refractivity contribution in [2.24, 2.45) is 5.92 Å². The highest BCUT2D eigenvalue weighted by Gasteiger charge is 2.38. The van der Waals surface area contributed by atoms with E-state index < -0.39 is 0 Å². The molecule has 2 aliphatic carbocycles. The molecule has 1 heteroatoms. The molecular formula is C18H24O. The van der Waals surface area contributed by atoms with Gasteiger partial charge in [-0.25, -0.2) is 0 Å². The van der Waals surface area contributed by atoms with Crippen LogP contribution in [0.15, 0.2) is 18.2 Å². The Bertz CT molecular complexity index is 533. The van der Waals surface area contributed by atoms with Gasteiger partial charge in [0.05, 0.1) is 0 Å². The smallest absolute Gasteiger partial charge is 0.165 e. The molecule has 3 rings (SSSR count). The Hall–Kier alpha value is -1.11. The van der Waals surface area contributed by atoms with E-state index in [4.69, 9.17) is 0 Å². The molecule has 2 aliphatic rings. The topological polar surface area (TPSA) is 17.1 Å². The zero-order valence-corrected chi connectivity index (χ0v) is 12.5. The number of hydrogen-bond acceptors (Lipinski definition) is 1. The maximum atomic E-state index is 12.3. The molecule has 0 saturated heterocycles. The van der Waals surface area contributed by atoms with Gasteiger partial charge >= 0.3 is 0 Å². The summed E-state index contributed by atoms with van der Waals surface area (Å²) in [5.74, 6) is 0.680. The molecule has 0 spiro atoms. The van der Waals surface area contributed by atoms with E-state index in [0.717, 1.165) is 18.4 Å². The lowest BCUT2D eigenvalue weighted by Crippen LogP contribution is -2.34. The van der Waals surface area contributed by atoms with Crippen LogP contribution in [0.25, 0.3) is 0 Å². The van der Waals surface area contributed by atoms with E-state index in [1.54, 1.807) is 0 Å². The van der Waals surface area contributed by atoms with Gasteiger partial charge in [0.2, 0.25) is 0 Å². The second-order valence-electron chi connectivity index (χ2n) is 7.67. The van der Waals surface area contributed by atoms with Crippen LogP contribution in [0.5, 0.6) is 0 Å². The molecule has 1 saturated carbocycles. The van der Waals surface area contributed by atoms with Crippen molar-refractivity contribution in [1.82, 2.24) is 0 Å². The number of ketones is 1. The van der Waals surface area contributed by atoms with Crippen LogP contribution in [-0.2, 0) is 10.8 Å². The Morgan fingerprint density at radius 2 is 1.58 bits per heavy atom. The van der Waals surface area contributed by atoms with Crippen LogP contribution in [0, 0.1) is 5.92 Å². The van der Waals surface area contributed by atoms with E-state index in [9.17, 15) is 4.79 Å². The Morgan fingerprint density at radius 3 is 2.16 bits per heavy atom. The summed E-state index contributed by atoms with van der Waals surface area (Å²) >= 11 is 0. The average molecular weight is 256 g/mol. The first-order chi connectivity index (χ1) is 8.81. The van der Waals surface area contributed by atoms with E-state index in [2.05, 4.69) is 45.9 Å². The quantitative estimate of drug-likeness (QED) is 0.705. The SMILES string of the molecule is CC1(C)CCC(C)(C)c2cc(C(=O)C3CC3)ccc21. The van der Waals surface area contributed by atoms with Crippen molar-refractivity contribution >= 4 is 5.78 Å². The molecule has 0 aliphatic heterocycles. The molecule has 0 atom stereocenters. The normalized spacial score (nSPS) is 23.8. The van der Waals surface area contributed by atoms with Gasteiger partial charge in [-0.2, -0.15) is 0 Å². The minimum absolute atomic E-state index is 0.199. The molecule has 0 bridgehead atoms. The average Bonchev–Trinajstić information content (AvgIpc) is 3.18. The second kappa shape index (κ2) is 3.94. The van der Waals surface area contributed by atoms with Gasteiger partial charge in [0.1, 0.15) is 0 Å². The number of Topliss-reactive ketones (excluding diaryl/α,β-unsaturated/α-hetero) is 1. The van der Waals surface area contributed by atoms with Crippen molar-refractivity contribution < 1.29 is 4.79 Å². The molecule has 1 aromatic rings. The number of hydrogen-bond donors (Lipinski definition) is 0. The summed E-state index contributed by atoms with van der Waals surface area (Å²) in [6.07, 6.45) is 4.60. The standard InChI is InChI=1S/C18H24O/c1-17(2)9-10-18(3,4)15-11-13(7-8-14(15)17)16(19)12-5-6-12/h7-8,11-12H,5-6,9-10H2,1-4H3. The van der Waals surface area contributed by atoms with Crippen molar-refractivity contribution in [1.29, 1.82) is 0 Å². The molecule has 19 heavy (non-hydrogen) atoms. The summed E-state index contributed by atoms with van der Waals surface area (Å²) in [4.78, 5) is 12.3. The minimum Gasteiger partial charge on any atom is -0.294 e. The van der Waals surface area contributed by atoms with Crippen LogP contribution in [-0.4, -0.2) is 5.78 Å². The fraction of sp³-hybridized carbons (Fsp3) is 0.611. The van der Waals surface area contributed by atoms with Crippen molar-refractivity contribution in [3.05, 3.63) is 34.9 Å². The summed E-state index contributed by atoms with van der Waals surface area (Å²) in [7, 11) is 0. The highest BCUT2D eigenvalue weighted by atomic mass is 16.1. The molecule has 0 unspecified atom stereocenters. The van der Waals surface area contributed by atoms with Gasteiger partial charge in [-0.05, 0) is 53.7 Å². The lowest BCUT2D eigenvalue weighted by molar-refractivity contribution is 0.0967. The number of fused-ring (bicyclic) bond motifs is 1. The summed E-state index contributed by atoms with van der Waals surface area (Å²) < 4.78 is 0. The van der Waals surface area contributed by atoms with Crippen molar-refractivity contribution in [2.75, 3.05) is 0 Å². The molecule has 1 nitrogen and oxygen atoms in total. The summed E-state index contributed by atoms with van der Waals surface area (Å²) in [6, 6.07) is 6.46. The first kappa shape index (κ1) is 12.9. The second-order valence-corrected chi connectivity index (χ2v) is 7.67. The van der Waals surface area contributed by atoms with Crippen LogP contribution < -0.4 is 0 Å². The largest absolute Gasteiger partial charge is 0.294 e. The Kier molecular flexibility index (Phi) is 2.68. The number of carbonyl (C=O) groups excluding carboxylic acids is 1. The van der Waals surface area contributed by atoms with Crippen molar-refractivity contribution in [3.8, 4) is 0 Å². The predicted octanol–water partition coefficient (Wildman–Crippen LogP) is 4.63. The third-order valence-electron chi connectivity index (χ3n) is 5.09. The molecule has 102 valence electrons. The zero-order chi connectivity index (χ0) is 13.8. The van der Waals surface area contributed by atoms with E-state index in [-0.39, 0.29) is 10.8 Å². The highest BCUT2D eigenvalue weighted by molar-refractivity contribution is 5.99. The summed E-state index contributed by atoms with van der Waals surface area (Å²) in [6.45, 7) is 9.27. The predicted molar refractivity (Wildman–Crippen MR) is 78.8 cm³/mol. The molecule has 0 heterocycles. The van der Waals surface area contributed by atoms with Crippen LogP contribution in [0.3, 0.4) is 0 Å². The van der Waals surface area contributed by atoms with Crippen LogP contribution in [0.2, 0.25) is 0 Å². The van der Waals surface area contributed by atoms with Crippen LogP contribution in [0.4, 0.5) is 0 Å². The Morgan fingerprint density at radius 1 is 1.00 bits per heavy atom. The lowest BCUT2D eigenvalue weighted by atomic mass is 9.63. The van der Waals surface area contributed by atoms with Crippen LogP contribution >= 0.6 is 0 Å². The van der Waals surface area contributed by atoms with Gasteiger partial charge in [0.25, 0.3) is 0 Å². The molecule has 1 aromatic carbocycles. The van der Waals surface area contributed by atoms with Crippen molar-refractivity contribution in [2.45, 2.75) is 64.2 Å². The highest BCUT2D eigenvalue weighted by Crippen LogP contribution is 2.46. The third-order valence-corrected chi connectivity index (χ3v) is 5.09. The zero-order valence-electron chi connectivity index (χ0n) is 12.5. The lowest BCUT2D eigenvalue weighted by Gasteiger charge is -2.42. The van der Waals surface area contributed by atoms with E-state index in [1.165, 1.54) is 24.0 Å². The Labute approximate surface area is 116 Å². The minimum atomic E-state index is 0.199. The van der Waals surface area contributed by atoms with Gasteiger partial charge < -0.3 is 0 Å². The fourth-order valence-electron chi connectivity index (χ4n) is 3.32. The molecule has 1 fully saturated rings. The van der Waals surface area contributed by atoms with Gasteiger partial charge in [-0.1, -0.05) is 39.8 Å². The maximum absolute atomic E-state index is 12.3. The van der Waals surface area contributed by atoms with Gasteiger partial charge in [0.15, 0.2) is 5.78 Å². The number of rotatable bonds is 2. The van der Waals surface area contributed by atoms with E-state index >= 15 is 0 Å². The Balaban J connectivity index is 2.09. The van der Waals surface area contributed by atoms with Crippen molar-refractivity contribution in [3.63, 3.8) is 0 Å². The molecule has 0 radical (unpaired) electrons. The van der Waals surface area contributed by atoms with E-state index in [1.807, 2.05) is 0 Å². The number of benzene rings is 1. The molecule has 0 aromatic heterocycles. The first-order valence-electron chi connectivity index (χ1n) is 7.50.